The molecule has 0 unspecified atom stereocenters. The minimum Gasteiger partial charge on any atom is -0.507 e. The van der Waals surface area contributed by atoms with Gasteiger partial charge in [-0.2, -0.15) is 0 Å². The Hall–Kier alpha value is -0.680. The van der Waals surface area contributed by atoms with Crippen LogP contribution in [0.3, 0.4) is 0 Å². The Morgan fingerprint density at radius 2 is 2.14 bits per heavy atom. The smallest absolute Gasteiger partial charge is 0.147 e. The molecule has 0 bridgehead atoms. The first-order chi connectivity index (χ1) is 6.57. The van der Waals surface area contributed by atoms with Crippen LogP contribution in [0, 0.1) is 11.6 Å². The van der Waals surface area contributed by atoms with Gasteiger partial charge in [-0.1, -0.05) is 0 Å². The Morgan fingerprint density at radius 1 is 1.50 bits per heavy atom. The molecule has 0 aliphatic carbocycles. The number of rotatable bonds is 3. The average Bonchev–Trinajstić information content (AvgIpc) is 2.14. The van der Waals surface area contributed by atoms with Crippen LogP contribution in [0.25, 0.3) is 0 Å². The van der Waals surface area contributed by atoms with Crippen LogP contribution in [0.1, 0.15) is 5.56 Å². The maximum absolute atomic E-state index is 13.4. The van der Waals surface area contributed by atoms with Crippen LogP contribution in [0.5, 0.6) is 5.75 Å². The van der Waals surface area contributed by atoms with E-state index in [9.17, 15) is 13.9 Å². The SMILES string of the molecule is CNCCc1c(O)cc(F)c(Br)c1F. The van der Waals surface area contributed by atoms with Gasteiger partial charge in [-0.15, -0.1) is 0 Å². The second-order valence-electron chi connectivity index (χ2n) is 2.84. The van der Waals surface area contributed by atoms with Crippen LogP contribution < -0.4 is 5.32 Å². The lowest BCUT2D eigenvalue weighted by molar-refractivity contribution is 0.447. The second-order valence-corrected chi connectivity index (χ2v) is 3.63. The first-order valence-corrected chi connectivity index (χ1v) is 4.87. The van der Waals surface area contributed by atoms with Crippen LogP contribution in [0.15, 0.2) is 10.5 Å². The fourth-order valence-electron chi connectivity index (χ4n) is 1.11. The van der Waals surface area contributed by atoms with Gasteiger partial charge in [-0.25, -0.2) is 8.78 Å². The molecule has 0 atom stereocenters. The van der Waals surface area contributed by atoms with Crippen molar-refractivity contribution >= 4 is 15.9 Å². The van der Waals surface area contributed by atoms with E-state index in [1.807, 2.05) is 0 Å². The van der Waals surface area contributed by atoms with Crippen LogP contribution >= 0.6 is 15.9 Å². The topological polar surface area (TPSA) is 32.3 Å². The van der Waals surface area contributed by atoms with Crippen molar-refractivity contribution in [1.29, 1.82) is 0 Å². The summed E-state index contributed by atoms with van der Waals surface area (Å²) in [5, 5.41) is 12.1. The second kappa shape index (κ2) is 4.70. The Kier molecular flexibility index (Phi) is 3.83. The summed E-state index contributed by atoms with van der Waals surface area (Å²) in [6, 6.07) is 0.901. The van der Waals surface area contributed by atoms with Crippen molar-refractivity contribution in [2.75, 3.05) is 13.6 Å². The molecule has 0 saturated heterocycles. The first-order valence-electron chi connectivity index (χ1n) is 4.08. The minimum absolute atomic E-state index is 0.118. The lowest BCUT2D eigenvalue weighted by atomic mass is 10.1. The summed E-state index contributed by atoms with van der Waals surface area (Å²) >= 11 is 2.77. The predicted octanol–water partition coefficient (Wildman–Crippen LogP) is 2.19. The highest BCUT2D eigenvalue weighted by Gasteiger charge is 2.15. The third-order valence-corrected chi connectivity index (χ3v) is 2.59. The van der Waals surface area contributed by atoms with Gasteiger partial charge in [0.1, 0.15) is 17.4 Å². The molecule has 14 heavy (non-hydrogen) atoms. The molecule has 1 rings (SSSR count). The van der Waals surface area contributed by atoms with Crippen molar-refractivity contribution in [1.82, 2.24) is 5.32 Å². The summed E-state index contributed by atoms with van der Waals surface area (Å²) in [6.07, 6.45) is 0.313. The van der Waals surface area contributed by atoms with Crippen molar-refractivity contribution in [2.45, 2.75) is 6.42 Å². The van der Waals surface area contributed by atoms with Gasteiger partial charge in [0.25, 0.3) is 0 Å². The van der Waals surface area contributed by atoms with E-state index in [1.165, 1.54) is 0 Å². The van der Waals surface area contributed by atoms with E-state index < -0.39 is 11.6 Å². The number of phenolic OH excluding ortho intramolecular Hbond substituents is 1. The van der Waals surface area contributed by atoms with Crippen molar-refractivity contribution < 1.29 is 13.9 Å². The average molecular weight is 266 g/mol. The molecule has 0 saturated carbocycles. The largest absolute Gasteiger partial charge is 0.507 e. The highest BCUT2D eigenvalue weighted by Crippen LogP contribution is 2.29. The highest BCUT2D eigenvalue weighted by atomic mass is 79.9. The number of hydrogen-bond donors (Lipinski definition) is 2. The monoisotopic (exact) mass is 265 g/mol. The standard InChI is InChI=1S/C9H10BrF2NO/c1-13-3-2-5-7(14)4-6(11)8(10)9(5)12/h4,13-14H,2-3H2,1H3. The molecule has 2 nitrogen and oxygen atoms in total. The van der Waals surface area contributed by atoms with E-state index in [4.69, 9.17) is 0 Å². The zero-order valence-corrected chi connectivity index (χ0v) is 9.16. The number of hydrogen-bond acceptors (Lipinski definition) is 2. The van der Waals surface area contributed by atoms with Crippen LogP contribution in [0.2, 0.25) is 0 Å². The van der Waals surface area contributed by atoms with Crippen LogP contribution in [-0.2, 0) is 6.42 Å². The third-order valence-electron chi connectivity index (χ3n) is 1.86. The minimum atomic E-state index is -0.798. The van der Waals surface area contributed by atoms with E-state index in [0.717, 1.165) is 6.07 Å². The fraction of sp³-hybridized carbons (Fsp3) is 0.333. The molecule has 0 spiro atoms. The molecule has 0 aromatic heterocycles. The predicted molar refractivity (Wildman–Crippen MR) is 53.4 cm³/mol. The lowest BCUT2D eigenvalue weighted by Crippen LogP contribution is -2.11. The molecule has 2 N–H and O–H groups in total. The number of aromatic hydroxyl groups is 1. The first kappa shape index (κ1) is 11.4. The van der Waals surface area contributed by atoms with E-state index >= 15 is 0 Å². The molecule has 0 heterocycles. The van der Waals surface area contributed by atoms with E-state index in [2.05, 4.69) is 21.2 Å². The summed E-state index contributed by atoms with van der Waals surface area (Å²) in [4.78, 5) is 0. The van der Waals surface area contributed by atoms with E-state index in [0.29, 0.717) is 13.0 Å². The molecule has 5 heteroatoms. The molecule has 0 amide bonds. The number of likely N-dealkylation sites (N-methyl/N-ethyl adjacent to an activating group) is 1. The fourth-order valence-corrected chi connectivity index (χ4v) is 1.46. The van der Waals surface area contributed by atoms with Gasteiger partial charge in [0.2, 0.25) is 0 Å². The molecule has 0 fully saturated rings. The lowest BCUT2D eigenvalue weighted by Gasteiger charge is -2.07. The Morgan fingerprint density at radius 3 is 2.71 bits per heavy atom. The van der Waals surface area contributed by atoms with Gasteiger partial charge < -0.3 is 10.4 Å². The zero-order valence-electron chi connectivity index (χ0n) is 7.57. The molecular weight excluding hydrogens is 256 g/mol. The molecule has 1 aromatic rings. The van der Waals surface area contributed by atoms with Gasteiger partial charge in [-0.05, 0) is 35.9 Å². The molecule has 78 valence electrons. The van der Waals surface area contributed by atoms with Crippen molar-refractivity contribution in [3.05, 3.63) is 27.7 Å². The van der Waals surface area contributed by atoms with Crippen LogP contribution in [-0.4, -0.2) is 18.7 Å². The maximum Gasteiger partial charge on any atom is 0.147 e. The number of phenols is 1. The molecule has 0 aliphatic rings. The molecule has 0 radical (unpaired) electrons. The van der Waals surface area contributed by atoms with Gasteiger partial charge in [0, 0.05) is 11.6 Å². The quantitative estimate of drug-likeness (QED) is 0.822. The number of halogens is 3. The highest BCUT2D eigenvalue weighted by molar-refractivity contribution is 9.10. The van der Waals surface area contributed by atoms with E-state index in [-0.39, 0.29) is 15.8 Å². The molecular formula is C9H10BrF2NO. The maximum atomic E-state index is 13.4. The zero-order chi connectivity index (χ0) is 10.7. The summed E-state index contributed by atoms with van der Waals surface area (Å²) < 4.78 is 26.0. The van der Waals surface area contributed by atoms with Crippen molar-refractivity contribution in [3.8, 4) is 5.75 Å². The summed E-state index contributed by atoms with van der Waals surface area (Å²) in [5.41, 5.74) is 0.118. The van der Waals surface area contributed by atoms with Gasteiger partial charge in [0.15, 0.2) is 0 Å². The Balaban J connectivity index is 3.09. The summed E-state index contributed by atoms with van der Waals surface area (Å²) in [7, 11) is 1.72. The Labute approximate surface area is 89.1 Å². The van der Waals surface area contributed by atoms with Gasteiger partial charge in [0.05, 0.1) is 4.47 Å². The normalized spacial score (nSPS) is 10.6. The van der Waals surface area contributed by atoms with Gasteiger partial charge >= 0.3 is 0 Å². The van der Waals surface area contributed by atoms with Crippen molar-refractivity contribution in [3.63, 3.8) is 0 Å². The van der Waals surface area contributed by atoms with Crippen molar-refractivity contribution in [2.24, 2.45) is 0 Å². The Bertz CT molecular complexity index is 344. The number of benzene rings is 1. The summed E-state index contributed by atoms with van der Waals surface area (Å²) in [5.74, 6) is -1.88. The molecule has 1 aromatic carbocycles. The molecule has 0 aliphatic heterocycles. The van der Waals surface area contributed by atoms with Gasteiger partial charge in [-0.3, -0.25) is 0 Å². The van der Waals surface area contributed by atoms with Crippen LogP contribution in [0.4, 0.5) is 8.78 Å². The number of nitrogens with one attached hydrogen (secondary N) is 1. The third kappa shape index (κ3) is 2.22. The summed E-state index contributed by atoms with van der Waals surface area (Å²) in [6.45, 7) is 0.516. The van der Waals surface area contributed by atoms with E-state index in [1.54, 1.807) is 7.05 Å².